The Morgan fingerprint density at radius 3 is 2.00 bits per heavy atom. The largest absolute Gasteiger partial charge is 0.379 e. The molecule has 0 heterocycles. The van der Waals surface area contributed by atoms with E-state index >= 15 is 0 Å². The van der Waals surface area contributed by atoms with Crippen molar-refractivity contribution in [1.29, 1.82) is 0 Å². The van der Waals surface area contributed by atoms with Gasteiger partial charge in [-0.2, -0.15) is 0 Å². The Labute approximate surface area is 176 Å². The number of hydrogen-bond donors (Lipinski definition) is 2. The lowest BCUT2D eigenvalue weighted by Crippen LogP contribution is -2.54. The zero-order valence-electron chi connectivity index (χ0n) is 19.7. The summed E-state index contributed by atoms with van der Waals surface area (Å²) in [5.74, 6) is -0.224. The fourth-order valence-corrected chi connectivity index (χ4v) is 3.73. The zero-order valence-corrected chi connectivity index (χ0v) is 19.7. The standard InChI is InChI=1S/C21H42N4O4/c1-10-15(5)20(16(29-9)12-17(26)22-11-2)25(8)18(27)13-23-21(28)19(14(3)4)24(6)7/h14-16,19-20H,10-13H2,1-9H3,(H,22,26)(H,23,28). The van der Waals surface area contributed by atoms with Crippen LogP contribution >= 0.6 is 0 Å². The Kier molecular flexibility index (Phi) is 12.8. The molecule has 0 saturated heterocycles. The Morgan fingerprint density at radius 2 is 1.59 bits per heavy atom. The maximum Gasteiger partial charge on any atom is 0.242 e. The molecule has 0 spiro atoms. The lowest BCUT2D eigenvalue weighted by atomic mass is 9.91. The van der Waals surface area contributed by atoms with Gasteiger partial charge in [0.2, 0.25) is 17.7 Å². The van der Waals surface area contributed by atoms with Crippen LogP contribution in [0.3, 0.4) is 0 Å². The Bertz CT molecular complexity index is 517. The lowest BCUT2D eigenvalue weighted by Gasteiger charge is -2.37. The van der Waals surface area contributed by atoms with E-state index in [1.165, 1.54) is 0 Å². The van der Waals surface area contributed by atoms with Crippen molar-refractivity contribution in [2.24, 2.45) is 11.8 Å². The van der Waals surface area contributed by atoms with Gasteiger partial charge in [-0.05, 0) is 32.9 Å². The van der Waals surface area contributed by atoms with E-state index in [1.807, 2.05) is 53.6 Å². The molecule has 0 aliphatic heterocycles. The van der Waals surface area contributed by atoms with Gasteiger partial charge in [-0.3, -0.25) is 19.3 Å². The summed E-state index contributed by atoms with van der Waals surface area (Å²) in [5, 5.41) is 5.54. The average Bonchev–Trinajstić information content (AvgIpc) is 2.64. The van der Waals surface area contributed by atoms with Crippen LogP contribution in [0.2, 0.25) is 0 Å². The number of ether oxygens (including phenoxy) is 1. The highest BCUT2D eigenvalue weighted by Crippen LogP contribution is 2.21. The van der Waals surface area contributed by atoms with Crippen LogP contribution in [0, 0.1) is 11.8 Å². The van der Waals surface area contributed by atoms with E-state index in [9.17, 15) is 14.4 Å². The minimum atomic E-state index is -0.425. The van der Waals surface area contributed by atoms with Crippen molar-refractivity contribution < 1.29 is 19.1 Å². The first kappa shape index (κ1) is 27.3. The van der Waals surface area contributed by atoms with Gasteiger partial charge in [0, 0.05) is 20.7 Å². The van der Waals surface area contributed by atoms with Crippen LogP contribution in [0.25, 0.3) is 0 Å². The Hall–Kier alpha value is -1.67. The van der Waals surface area contributed by atoms with Crippen molar-refractivity contribution in [2.75, 3.05) is 41.3 Å². The number of methoxy groups -OCH3 is 1. The van der Waals surface area contributed by atoms with Gasteiger partial charge >= 0.3 is 0 Å². The number of amides is 3. The molecule has 0 aliphatic carbocycles. The second kappa shape index (κ2) is 13.5. The number of likely N-dealkylation sites (N-methyl/N-ethyl adjacent to an activating group) is 2. The molecular formula is C21H42N4O4. The van der Waals surface area contributed by atoms with Crippen molar-refractivity contribution in [3.63, 3.8) is 0 Å². The Morgan fingerprint density at radius 1 is 1.00 bits per heavy atom. The summed E-state index contributed by atoms with van der Waals surface area (Å²) in [7, 11) is 6.97. The molecule has 3 amide bonds. The first-order valence-corrected chi connectivity index (χ1v) is 10.5. The van der Waals surface area contributed by atoms with E-state index < -0.39 is 6.10 Å². The van der Waals surface area contributed by atoms with E-state index in [1.54, 1.807) is 19.1 Å². The topological polar surface area (TPSA) is 91.0 Å². The van der Waals surface area contributed by atoms with Gasteiger partial charge in [0.1, 0.15) is 0 Å². The first-order valence-electron chi connectivity index (χ1n) is 10.5. The number of carbonyl (C=O) groups excluding carboxylic acids is 3. The highest BCUT2D eigenvalue weighted by Gasteiger charge is 2.34. The van der Waals surface area contributed by atoms with Gasteiger partial charge in [-0.15, -0.1) is 0 Å². The highest BCUT2D eigenvalue weighted by atomic mass is 16.5. The summed E-state index contributed by atoms with van der Waals surface area (Å²) in [6, 6.07) is -0.574. The second-order valence-electron chi connectivity index (χ2n) is 8.18. The minimum absolute atomic E-state index is 0.0864. The van der Waals surface area contributed by atoms with Gasteiger partial charge in [0.15, 0.2) is 0 Å². The molecular weight excluding hydrogens is 372 g/mol. The highest BCUT2D eigenvalue weighted by molar-refractivity contribution is 5.87. The van der Waals surface area contributed by atoms with Crippen molar-refractivity contribution in [3.8, 4) is 0 Å². The number of hydrogen-bond acceptors (Lipinski definition) is 5. The van der Waals surface area contributed by atoms with E-state index in [0.717, 1.165) is 6.42 Å². The van der Waals surface area contributed by atoms with E-state index in [2.05, 4.69) is 10.6 Å². The second-order valence-corrected chi connectivity index (χ2v) is 8.18. The molecule has 0 aromatic rings. The summed E-state index contributed by atoms with van der Waals surface area (Å²) < 4.78 is 5.60. The summed E-state index contributed by atoms with van der Waals surface area (Å²) in [4.78, 5) is 40.9. The quantitative estimate of drug-likeness (QED) is 0.471. The van der Waals surface area contributed by atoms with E-state index in [-0.39, 0.29) is 54.6 Å². The predicted octanol–water partition coefficient (Wildman–Crippen LogP) is 1.10. The molecule has 0 rings (SSSR count). The third-order valence-corrected chi connectivity index (χ3v) is 5.38. The molecule has 0 aliphatic rings. The third kappa shape index (κ3) is 8.70. The molecule has 0 fully saturated rings. The SMILES string of the molecule is CCNC(=O)CC(OC)C(C(C)CC)N(C)C(=O)CNC(=O)C(C(C)C)N(C)C. The van der Waals surface area contributed by atoms with Gasteiger partial charge < -0.3 is 20.3 Å². The minimum Gasteiger partial charge on any atom is -0.379 e. The average molecular weight is 415 g/mol. The van der Waals surface area contributed by atoms with Crippen molar-refractivity contribution in [2.45, 2.75) is 65.6 Å². The van der Waals surface area contributed by atoms with Gasteiger partial charge in [0.05, 0.1) is 31.2 Å². The first-order chi connectivity index (χ1) is 13.5. The lowest BCUT2D eigenvalue weighted by molar-refractivity contribution is -0.140. The van der Waals surface area contributed by atoms with E-state index in [0.29, 0.717) is 6.54 Å². The summed E-state index contributed by atoms with van der Waals surface area (Å²) in [6.45, 7) is 10.4. The van der Waals surface area contributed by atoms with Gasteiger partial charge in [-0.1, -0.05) is 34.1 Å². The molecule has 170 valence electrons. The molecule has 0 aromatic heterocycles. The molecule has 8 nitrogen and oxygen atoms in total. The smallest absolute Gasteiger partial charge is 0.242 e. The molecule has 0 bridgehead atoms. The van der Waals surface area contributed by atoms with E-state index in [4.69, 9.17) is 4.74 Å². The fraction of sp³-hybridized carbons (Fsp3) is 0.857. The Balaban J connectivity index is 5.24. The van der Waals surface area contributed by atoms with Crippen LogP contribution < -0.4 is 10.6 Å². The third-order valence-electron chi connectivity index (χ3n) is 5.38. The predicted molar refractivity (Wildman–Crippen MR) is 115 cm³/mol. The van der Waals surface area contributed by atoms with Crippen LogP contribution in [-0.2, 0) is 19.1 Å². The summed E-state index contributed by atoms with van der Waals surface area (Å²) >= 11 is 0. The molecule has 0 radical (unpaired) electrons. The molecule has 0 saturated carbocycles. The van der Waals surface area contributed by atoms with Crippen molar-refractivity contribution in [1.82, 2.24) is 20.4 Å². The maximum atomic E-state index is 12.8. The van der Waals surface area contributed by atoms with Gasteiger partial charge in [-0.25, -0.2) is 0 Å². The van der Waals surface area contributed by atoms with Crippen LogP contribution in [0.5, 0.6) is 0 Å². The molecule has 8 heteroatoms. The molecule has 29 heavy (non-hydrogen) atoms. The van der Waals surface area contributed by atoms with Crippen molar-refractivity contribution >= 4 is 17.7 Å². The molecule has 4 atom stereocenters. The molecule has 4 unspecified atom stereocenters. The number of nitrogens with one attached hydrogen (secondary N) is 2. The number of nitrogens with zero attached hydrogens (tertiary/aromatic N) is 2. The van der Waals surface area contributed by atoms with Crippen LogP contribution in [0.1, 0.15) is 47.5 Å². The van der Waals surface area contributed by atoms with Crippen LogP contribution in [0.4, 0.5) is 0 Å². The monoisotopic (exact) mass is 414 g/mol. The van der Waals surface area contributed by atoms with Crippen LogP contribution in [0.15, 0.2) is 0 Å². The van der Waals surface area contributed by atoms with Crippen LogP contribution in [-0.4, -0.2) is 87.1 Å². The maximum absolute atomic E-state index is 12.8. The van der Waals surface area contributed by atoms with Gasteiger partial charge in [0.25, 0.3) is 0 Å². The number of carbonyl (C=O) groups is 3. The summed E-state index contributed by atoms with van der Waals surface area (Å²) in [6.07, 6.45) is 0.589. The van der Waals surface area contributed by atoms with Crippen molar-refractivity contribution in [3.05, 3.63) is 0 Å². The normalized spacial score (nSPS) is 15.6. The number of rotatable bonds is 13. The summed E-state index contributed by atoms with van der Waals surface area (Å²) in [5.41, 5.74) is 0. The fourth-order valence-electron chi connectivity index (χ4n) is 3.73. The molecule has 2 N–H and O–H groups in total. The molecule has 0 aromatic carbocycles. The zero-order chi connectivity index (χ0) is 22.7.